The maximum absolute atomic E-state index is 6.53. The first-order chi connectivity index (χ1) is 23.3. The van der Waals surface area contributed by atoms with E-state index >= 15 is 0 Å². The first kappa shape index (κ1) is 27.0. The lowest BCUT2D eigenvalue weighted by Gasteiger charge is -2.27. The van der Waals surface area contributed by atoms with Gasteiger partial charge in [0.15, 0.2) is 11.5 Å². The summed E-state index contributed by atoms with van der Waals surface area (Å²) in [4.78, 5) is 2.34. The lowest BCUT2D eigenvalue weighted by atomic mass is 9.96. The molecule has 8 aromatic carbocycles. The number of rotatable bonds is 5. The van der Waals surface area contributed by atoms with Crippen LogP contribution in [0.4, 0.5) is 17.1 Å². The van der Waals surface area contributed by atoms with E-state index in [4.69, 9.17) is 9.47 Å². The van der Waals surface area contributed by atoms with Crippen LogP contribution in [0.25, 0.3) is 43.8 Å². The Bertz CT molecular complexity index is 2400. The zero-order chi connectivity index (χ0) is 31.2. The fourth-order valence-electron chi connectivity index (χ4n) is 6.69. The molecular weight excluding hydrogens is 574 g/mol. The minimum atomic E-state index is 0.698. The van der Waals surface area contributed by atoms with Crippen molar-refractivity contribution in [2.24, 2.45) is 0 Å². The SMILES string of the molecule is c1ccc(-c2ccc(N(c3ccccc3)c3ccc(-c4ccc5c(c4)Oc4cccc6cccc(c46)O5)c4ccccc34)cc2)cc1. The first-order valence-electron chi connectivity index (χ1n) is 15.8. The van der Waals surface area contributed by atoms with E-state index in [1.165, 1.54) is 11.1 Å². The Labute approximate surface area is 273 Å². The maximum Gasteiger partial charge on any atom is 0.170 e. The normalized spacial score (nSPS) is 11.7. The first-order valence-corrected chi connectivity index (χ1v) is 15.8. The highest BCUT2D eigenvalue weighted by molar-refractivity contribution is 6.06. The molecule has 0 atom stereocenters. The highest BCUT2D eigenvalue weighted by Crippen LogP contribution is 2.48. The summed E-state index contributed by atoms with van der Waals surface area (Å²) < 4.78 is 12.9. The third-order valence-electron chi connectivity index (χ3n) is 8.91. The molecule has 0 N–H and O–H groups in total. The van der Waals surface area contributed by atoms with Crippen LogP contribution in [-0.2, 0) is 0 Å². The van der Waals surface area contributed by atoms with Gasteiger partial charge in [0.25, 0.3) is 0 Å². The average Bonchev–Trinajstić information content (AvgIpc) is 3.30. The van der Waals surface area contributed by atoms with Gasteiger partial charge in [0, 0.05) is 16.8 Å². The number of anilines is 3. The van der Waals surface area contributed by atoms with Crippen molar-refractivity contribution in [1.29, 1.82) is 0 Å². The van der Waals surface area contributed by atoms with Crippen molar-refractivity contribution >= 4 is 38.6 Å². The summed E-state index contributed by atoms with van der Waals surface area (Å²) in [5.41, 5.74) is 7.89. The molecule has 1 heterocycles. The van der Waals surface area contributed by atoms with Crippen molar-refractivity contribution in [3.63, 3.8) is 0 Å². The predicted octanol–water partition coefficient (Wildman–Crippen LogP) is 12.7. The highest BCUT2D eigenvalue weighted by atomic mass is 16.5. The molecular formula is C44H29NO2. The predicted molar refractivity (Wildman–Crippen MR) is 194 cm³/mol. The molecule has 3 nitrogen and oxygen atoms in total. The Kier molecular flexibility index (Phi) is 6.46. The molecule has 0 saturated heterocycles. The zero-order valence-electron chi connectivity index (χ0n) is 25.5. The summed E-state index contributed by atoms with van der Waals surface area (Å²) in [6.45, 7) is 0. The van der Waals surface area contributed by atoms with Crippen LogP contribution in [0.3, 0.4) is 0 Å². The fraction of sp³-hybridized carbons (Fsp3) is 0. The molecule has 47 heavy (non-hydrogen) atoms. The molecule has 9 rings (SSSR count). The number of fused-ring (bicyclic) bond motifs is 2. The number of benzene rings is 8. The smallest absolute Gasteiger partial charge is 0.170 e. The second kappa shape index (κ2) is 11.2. The number of nitrogens with zero attached hydrogens (tertiary/aromatic N) is 1. The topological polar surface area (TPSA) is 21.7 Å². The number of para-hydroxylation sites is 1. The molecule has 0 saturated carbocycles. The van der Waals surface area contributed by atoms with E-state index in [1.807, 2.05) is 30.3 Å². The Morgan fingerprint density at radius 2 is 0.957 bits per heavy atom. The Hall–Kier alpha value is -6.32. The van der Waals surface area contributed by atoms with Gasteiger partial charge in [-0.15, -0.1) is 0 Å². The quantitative estimate of drug-likeness (QED) is 0.195. The molecule has 8 aromatic rings. The zero-order valence-corrected chi connectivity index (χ0v) is 25.5. The van der Waals surface area contributed by atoms with Crippen molar-refractivity contribution < 1.29 is 9.47 Å². The molecule has 3 heteroatoms. The summed E-state index contributed by atoms with van der Waals surface area (Å²) in [7, 11) is 0. The second-order valence-electron chi connectivity index (χ2n) is 11.7. The molecule has 0 aromatic heterocycles. The van der Waals surface area contributed by atoms with Crippen LogP contribution in [0, 0.1) is 0 Å². The number of hydrogen-bond acceptors (Lipinski definition) is 3. The van der Waals surface area contributed by atoms with Crippen LogP contribution in [-0.4, -0.2) is 0 Å². The standard InChI is InChI=1S/C44H29NO2/c1-3-11-30(12-4-1)31-21-24-35(25-22-31)45(34-15-5-2-6-16-34)39-27-26-36(37-17-7-8-18-38(37)39)33-23-28-40-43(29-33)47-42-20-10-14-32-13-9-19-41(46-40)44(32)42/h1-29H. The van der Waals surface area contributed by atoms with Crippen LogP contribution in [0.1, 0.15) is 0 Å². The Balaban J connectivity index is 1.16. The van der Waals surface area contributed by atoms with Gasteiger partial charge in [-0.1, -0.05) is 121 Å². The van der Waals surface area contributed by atoms with Crippen LogP contribution < -0.4 is 14.4 Å². The molecule has 222 valence electrons. The molecule has 0 radical (unpaired) electrons. The molecule has 0 fully saturated rings. The minimum Gasteiger partial charge on any atom is -0.453 e. The third kappa shape index (κ3) is 4.77. The summed E-state index contributed by atoms with van der Waals surface area (Å²) >= 11 is 0. The van der Waals surface area contributed by atoms with Crippen molar-refractivity contribution in [3.8, 4) is 45.3 Å². The van der Waals surface area contributed by atoms with E-state index in [-0.39, 0.29) is 0 Å². The summed E-state index contributed by atoms with van der Waals surface area (Å²) in [6.07, 6.45) is 0. The second-order valence-corrected chi connectivity index (χ2v) is 11.7. The summed E-state index contributed by atoms with van der Waals surface area (Å²) in [5.74, 6) is 3.00. The summed E-state index contributed by atoms with van der Waals surface area (Å²) in [5, 5.41) is 4.39. The van der Waals surface area contributed by atoms with Gasteiger partial charge in [-0.3, -0.25) is 0 Å². The lowest BCUT2D eigenvalue weighted by Crippen LogP contribution is -2.10. The molecule has 0 bridgehead atoms. The number of ether oxygens (including phenoxy) is 2. The lowest BCUT2D eigenvalue weighted by molar-refractivity contribution is 0.439. The van der Waals surface area contributed by atoms with Crippen LogP contribution in [0.5, 0.6) is 23.0 Å². The van der Waals surface area contributed by atoms with E-state index < -0.39 is 0 Å². The van der Waals surface area contributed by atoms with E-state index in [0.29, 0.717) is 11.5 Å². The Morgan fingerprint density at radius 3 is 1.70 bits per heavy atom. The number of hydrogen-bond donors (Lipinski definition) is 0. The van der Waals surface area contributed by atoms with Crippen LogP contribution in [0.2, 0.25) is 0 Å². The maximum atomic E-state index is 6.53. The average molecular weight is 604 g/mol. The van der Waals surface area contributed by atoms with Crippen LogP contribution in [0.15, 0.2) is 176 Å². The van der Waals surface area contributed by atoms with Gasteiger partial charge in [0.2, 0.25) is 0 Å². The fourth-order valence-corrected chi connectivity index (χ4v) is 6.69. The van der Waals surface area contributed by atoms with Gasteiger partial charge in [0.1, 0.15) is 11.5 Å². The molecule has 0 unspecified atom stereocenters. The van der Waals surface area contributed by atoms with E-state index in [0.717, 1.165) is 61.2 Å². The largest absolute Gasteiger partial charge is 0.453 e. The molecule has 0 aliphatic carbocycles. The van der Waals surface area contributed by atoms with E-state index in [1.54, 1.807) is 0 Å². The molecule has 0 spiro atoms. The third-order valence-corrected chi connectivity index (χ3v) is 8.91. The van der Waals surface area contributed by atoms with Crippen molar-refractivity contribution in [2.75, 3.05) is 4.90 Å². The van der Waals surface area contributed by atoms with Gasteiger partial charge in [-0.25, -0.2) is 0 Å². The van der Waals surface area contributed by atoms with Crippen molar-refractivity contribution in [2.45, 2.75) is 0 Å². The van der Waals surface area contributed by atoms with Gasteiger partial charge in [0.05, 0.1) is 11.1 Å². The highest BCUT2D eigenvalue weighted by Gasteiger charge is 2.21. The van der Waals surface area contributed by atoms with Crippen molar-refractivity contribution in [1.82, 2.24) is 0 Å². The molecule has 1 aliphatic heterocycles. The molecule has 0 amide bonds. The van der Waals surface area contributed by atoms with E-state index in [2.05, 4.69) is 150 Å². The van der Waals surface area contributed by atoms with Gasteiger partial charge in [-0.05, 0) is 87.6 Å². The minimum absolute atomic E-state index is 0.698. The van der Waals surface area contributed by atoms with Crippen LogP contribution >= 0.6 is 0 Å². The summed E-state index contributed by atoms with van der Waals surface area (Å²) in [6, 6.07) is 61.4. The van der Waals surface area contributed by atoms with Crippen molar-refractivity contribution in [3.05, 3.63) is 176 Å². The monoisotopic (exact) mass is 603 g/mol. The van der Waals surface area contributed by atoms with Gasteiger partial charge < -0.3 is 14.4 Å². The molecule has 1 aliphatic rings. The Morgan fingerprint density at radius 1 is 0.362 bits per heavy atom. The van der Waals surface area contributed by atoms with Gasteiger partial charge >= 0.3 is 0 Å². The van der Waals surface area contributed by atoms with Gasteiger partial charge in [-0.2, -0.15) is 0 Å². The van der Waals surface area contributed by atoms with E-state index in [9.17, 15) is 0 Å².